The first-order valence-corrected chi connectivity index (χ1v) is 6.57. The van der Waals surface area contributed by atoms with Gasteiger partial charge in [-0.1, -0.05) is 23.7 Å². The van der Waals surface area contributed by atoms with Crippen LogP contribution in [-0.4, -0.2) is 18.8 Å². The Labute approximate surface area is 108 Å². The fourth-order valence-corrected chi connectivity index (χ4v) is 2.54. The first-order chi connectivity index (χ1) is 8.09. The summed E-state index contributed by atoms with van der Waals surface area (Å²) in [4.78, 5) is 0. The standard InChI is InChI=1S/C14H20ClNO/c1-11-4-5-12(13(15)8-11)9-16-10-14(2)6-3-7-17-14/h4-5,8,16H,3,6-7,9-10H2,1-2H3. The van der Waals surface area contributed by atoms with E-state index in [1.165, 1.54) is 12.0 Å². The molecule has 1 heterocycles. The predicted octanol–water partition coefficient (Wildman–Crippen LogP) is 3.31. The molecule has 1 atom stereocenters. The van der Waals surface area contributed by atoms with E-state index < -0.39 is 0 Å². The molecular formula is C14H20ClNO. The van der Waals surface area contributed by atoms with E-state index >= 15 is 0 Å². The molecule has 1 aliphatic rings. The highest BCUT2D eigenvalue weighted by Gasteiger charge is 2.28. The van der Waals surface area contributed by atoms with E-state index in [1.807, 2.05) is 6.07 Å². The zero-order valence-electron chi connectivity index (χ0n) is 10.6. The second-order valence-electron chi connectivity index (χ2n) is 5.10. The topological polar surface area (TPSA) is 21.3 Å². The molecule has 1 aliphatic heterocycles. The molecule has 0 saturated carbocycles. The van der Waals surface area contributed by atoms with Gasteiger partial charge in [-0.3, -0.25) is 0 Å². The average Bonchev–Trinajstić information content (AvgIpc) is 2.69. The van der Waals surface area contributed by atoms with Crippen molar-refractivity contribution < 1.29 is 4.74 Å². The zero-order chi connectivity index (χ0) is 12.3. The molecule has 0 spiro atoms. The minimum Gasteiger partial charge on any atom is -0.374 e. The molecule has 1 fully saturated rings. The van der Waals surface area contributed by atoms with E-state index in [1.54, 1.807) is 0 Å². The molecule has 0 aliphatic carbocycles. The van der Waals surface area contributed by atoms with E-state index in [9.17, 15) is 0 Å². The third-order valence-corrected chi connectivity index (χ3v) is 3.68. The Bertz CT molecular complexity index is 386. The predicted molar refractivity (Wildman–Crippen MR) is 71.5 cm³/mol. The molecule has 1 saturated heterocycles. The number of rotatable bonds is 4. The second kappa shape index (κ2) is 5.38. The van der Waals surface area contributed by atoms with E-state index in [4.69, 9.17) is 16.3 Å². The molecule has 1 aromatic rings. The van der Waals surface area contributed by atoms with Crippen molar-refractivity contribution in [2.75, 3.05) is 13.2 Å². The highest BCUT2D eigenvalue weighted by Crippen LogP contribution is 2.24. The highest BCUT2D eigenvalue weighted by molar-refractivity contribution is 6.31. The van der Waals surface area contributed by atoms with Gasteiger partial charge in [0.1, 0.15) is 0 Å². The number of benzene rings is 1. The van der Waals surface area contributed by atoms with Gasteiger partial charge in [-0.05, 0) is 43.9 Å². The monoisotopic (exact) mass is 253 g/mol. The molecule has 0 bridgehead atoms. The van der Waals surface area contributed by atoms with Crippen LogP contribution < -0.4 is 5.32 Å². The summed E-state index contributed by atoms with van der Waals surface area (Å²) in [6.07, 6.45) is 2.31. The van der Waals surface area contributed by atoms with Crippen molar-refractivity contribution in [3.05, 3.63) is 34.3 Å². The average molecular weight is 254 g/mol. The summed E-state index contributed by atoms with van der Waals surface area (Å²) in [5.41, 5.74) is 2.36. The molecule has 2 rings (SSSR count). The molecule has 3 heteroatoms. The van der Waals surface area contributed by atoms with Gasteiger partial charge in [0.25, 0.3) is 0 Å². The lowest BCUT2D eigenvalue weighted by Gasteiger charge is -2.23. The quantitative estimate of drug-likeness (QED) is 0.889. The van der Waals surface area contributed by atoms with Crippen LogP contribution in [0.2, 0.25) is 5.02 Å². The fourth-order valence-electron chi connectivity index (χ4n) is 2.23. The normalized spacial score (nSPS) is 24.2. The molecule has 1 aromatic carbocycles. The van der Waals surface area contributed by atoms with Crippen molar-refractivity contribution in [1.29, 1.82) is 0 Å². The second-order valence-corrected chi connectivity index (χ2v) is 5.51. The molecule has 2 nitrogen and oxygen atoms in total. The maximum Gasteiger partial charge on any atom is 0.0779 e. The molecular weight excluding hydrogens is 234 g/mol. The molecule has 0 amide bonds. The maximum absolute atomic E-state index is 6.19. The number of aryl methyl sites for hydroxylation is 1. The lowest BCUT2D eigenvalue weighted by Crippen LogP contribution is -2.36. The number of hydrogen-bond donors (Lipinski definition) is 1. The third-order valence-electron chi connectivity index (χ3n) is 3.32. The van der Waals surface area contributed by atoms with Gasteiger partial charge in [-0.15, -0.1) is 0 Å². The van der Waals surface area contributed by atoms with Crippen LogP contribution in [0.3, 0.4) is 0 Å². The van der Waals surface area contributed by atoms with Gasteiger partial charge in [0.05, 0.1) is 5.60 Å². The van der Waals surface area contributed by atoms with Crippen LogP contribution >= 0.6 is 11.6 Å². The Kier molecular flexibility index (Phi) is 4.08. The van der Waals surface area contributed by atoms with Gasteiger partial charge in [-0.2, -0.15) is 0 Å². The van der Waals surface area contributed by atoms with Gasteiger partial charge in [0.15, 0.2) is 0 Å². The van der Waals surface area contributed by atoms with Crippen molar-refractivity contribution >= 4 is 11.6 Å². The number of nitrogens with one attached hydrogen (secondary N) is 1. The first-order valence-electron chi connectivity index (χ1n) is 6.19. The Balaban J connectivity index is 1.85. The summed E-state index contributed by atoms with van der Waals surface area (Å²) in [5.74, 6) is 0. The van der Waals surface area contributed by atoms with Crippen LogP contribution in [0.15, 0.2) is 18.2 Å². The van der Waals surface area contributed by atoms with Crippen molar-refractivity contribution in [3.63, 3.8) is 0 Å². The summed E-state index contributed by atoms with van der Waals surface area (Å²) >= 11 is 6.19. The fraction of sp³-hybridized carbons (Fsp3) is 0.571. The Morgan fingerprint density at radius 1 is 1.47 bits per heavy atom. The van der Waals surface area contributed by atoms with Crippen molar-refractivity contribution in [2.45, 2.75) is 38.8 Å². The summed E-state index contributed by atoms with van der Waals surface area (Å²) in [5, 5.41) is 4.28. The molecule has 17 heavy (non-hydrogen) atoms. The Hall–Kier alpha value is -0.570. The molecule has 0 aromatic heterocycles. The van der Waals surface area contributed by atoms with E-state index in [2.05, 4.69) is 31.3 Å². The van der Waals surface area contributed by atoms with Crippen LogP contribution in [0.5, 0.6) is 0 Å². The minimum absolute atomic E-state index is 0.0111. The van der Waals surface area contributed by atoms with E-state index in [0.717, 1.165) is 36.7 Å². The lowest BCUT2D eigenvalue weighted by molar-refractivity contribution is 0.0207. The molecule has 94 valence electrons. The van der Waals surface area contributed by atoms with E-state index in [0.29, 0.717) is 0 Å². The number of hydrogen-bond acceptors (Lipinski definition) is 2. The van der Waals surface area contributed by atoms with E-state index in [-0.39, 0.29) is 5.60 Å². The first kappa shape index (κ1) is 12.9. The van der Waals surface area contributed by atoms with Crippen LogP contribution in [0.25, 0.3) is 0 Å². The van der Waals surface area contributed by atoms with Crippen molar-refractivity contribution in [1.82, 2.24) is 5.32 Å². The number of ether oxygens (including phenoxy) is 1. The maximum atomic E-state index is 6.19. The smallest absolute Gasteiger partial charge is 0.0779 e. The molecule has 1 unspecified atom stereocenters. The third kappa shape index (κ3) is 3.44. The van der Waals surface area contributed by atoms with Gasteiger partial charge in [0.2, 0.25) is 0 Å². The summed E-state index contributed by atoms with van der Waals surface area (Å²) in [6.45, 7) is 6.80. The van der Waals surface area contributed by atoms with Crippen LogP contribution in [0.4, 0.5) is 0 Å². The SMILES string of the molecule is Cc1ccc(CNCC2(C)CCCO2)c(Cl)c1. The zero-order valence-corrected chi connectivity index (χ0v) is 11.3. The number of halogens is 1. The van der Waals surface area contributed by atoms with Crippen LogP contribution in [-0.2, 0) is 11.3 Å². The molecule has 0 radical (unpaired) electrons. The van der Waals surface area contributed by atoms with Gasteiger partial charge < -0.3 is 10.1 Å². The largest absolute Gasteiger partial charge is 0.374 e. The minimum atomic E-state index is 0.0111. The Morgan fingerprint density at radius 3 is 2.94 bits per heavy atom. The summed E-state index contributed by atoms with van der Waals surface area (Å²) in [6, 6.07) is 6.19. The van der Waals surface area contributed by atoms with Gasteiger partial charge in [0, 0.05) is 24.7 Å². The van der Waals surface area contributed by atoms with Crippen LogP contribution in [0, 0.1) is 6.92 Å². The Morgan fingerprint density at radius 2 is 2.29 bits per heavy atom. The molecule has 1 N–H and O–H groups in total. The van der Waals surface area contributed by atoms with Crippen molar-refractivity contribution in [3.8, 4) is 0 Å². The lowest BCUT2D eigenvalue weighted by atomic mass is 10.0. The van der Waals surface area contributed by atoms with Gasteiger partial charge in [-0.25, -0.2) is 0 Å². The van der Waals surface area contributed by atoms with Gasteiger partial charge >= 0.3 is 0 Å². The van der Waals surface area contributed by atoms with Crippen LogP contribution in [0.1, 0.15) is 30.9 Å². The summed E-state index contributed by atoms with van der Waals surface area (Å²) in [7, 11) is 0. The van der Waals surface area contributed by atoms with Crippen molar-refractivity contribution in [2.24, 2.45) is 0 Å². The highest BCUT2D eigenvalue weighted by atomic mass is 35.5. The summed E-state index contributed by atoms with van der Waals surface area (Å²) < 4.78 is 5.73.